The fraction of sp³-hybridized carbons (Fsp3) is 0. The van der Waals surface area contributed by atoms with Gasteiger partial charge in [-0.2, -0.15) is 0 Å². The average molecular weight is 1560 g/mol. The van der Waals surface area contributed by atoms with E-state index in [1.165, 1.54) is 181 Å². The lowest BCUT2D eigenvalue weighted by Gasteiger charge is -2.20. The van der Waals surface area contributed by atoms with Gasteiger partial charge in [0.15, 0.2) is 0 Å². The highest BCUT2D eigenvalue weighted by atomic mass is 16.3. The maximum Gasteiger partial charge on any atom is 0.143 e. The van der Waals surface area contributed by atoms with Crippen LogP contribution in [0, 0.1) is 0 Å². The molecule has 0 fully saturated rings. The lowest BCUT2D eigenvalue weighted by atomic mass is 9.83. The minimum Gasteiger partial charge on any atom is -0.456 e. The van der Waals surface area contributed by atoms with Crippen molar-refractivity contribution in [3.63, 3.8) is 0 Å². The first-order valence-corrected chi connectivity index (χ1v) is 42.2. The van der Waals surface area contributed by atoms with Crippen LogP contribution in [0.1, 0.15) is 0 Å². The lowest BCUT2D eigenvalue weighted by Crippen LogP contribution is -1.93. The van der Waals surface area contributed by atoms with Gasteiger partial charge in [0, 0.05) is 37.7 Å². The highest BCUT2D eigenvalue weighted by Crippen LogP contribution is 2.52. The van der Waals surface area contributed by atoms with Crippen LogP contribution in [0.2, 0.25) is 0 Å². The van der Waals surface area contributed by atoms with Crippen LogP contribution >= 0.6 is 0 Å². The molecular weight excluding hydrogens is 1490 g/mol. The molecule has 123 heavy (non-hydrogen) atoms. The van der Waals surface area contributed by atoms with Crippen molar-refractivity contribution in [2.75, 3.05) is 0 Å². The summed E-state index contributed by atoms with van der Waals surface area (Å²) in [6.45, 7) is 0. The van der Waals surface area contributed by atoms with Crippen molar-refractivity contribution in [2.45, 2.75) is 0 Å². The zero-order valence-electron chi connectivity index (χ0n) is 66.9. The molecule has 3 nitrogen and oxygen atoms in total. The Balaban J connectivity index is 0.000000104. The molecule has 26 rings (SSSR count). The second-order valence-corrected chi connectivity index (χ2v) is 32.2. The summed E-state index contributed by atoms with van der Waals surface area (Å²) in [7, 11) is 0. The summed E-state index contributed by atoms with van der Waals surface area (Å²) in [5, 5.41) is 29.2. The SMILES string of the molecule is c1ccc(-c2c3ccccc3c(-c3ccc4oc5c6ccccc6ccc5c4c3)c3ccccc23)cc1.c1ccc(-c2c3ccccc3c(-c3cccc4oc5ccccc5c34)c3ccccc23)c(-c2ccc3ccccc3c2)c1.c1ccc(-c2ccccc2-c2c3ccccc3c(-c3ccc4oc5cc6ccccc6cc5c4c3)c3ccccc23)cc1. The van der Waals surface area contributed by atoms with Crippen molar-refractivity contribution in [3.05, 3.63) is 449 Å². The topological polar surface area (TPSA) is 39.4 Å². The normalized spacial score (nSPS) is 11.7. The molecule has 0 aliphatic rings. The monoisotopic (exact) mass is 1560 g/mol. The third-order valence-corrected chi connectivity index (χ3v) is 25.3. The van der Waals surface area contributed by atoms with Gasteiger partial charge in [0.2, 0.25) is 0 Å². The van der Waals surface area contributed by atoms with E-state index in [-0.39, 0.29) is 0 Å². The molecule has 0 saturated carbocycles. The molecule has 23 aromatic carbocycles. The Kier molecular flexibility index (Phi) is 17.0. The molecule has 572 valence electrons. The van der Waals surface area contributed by atoms with E-state index >= 15 is 0 Å². The average Bonchev–Trinajstić information content (AvgIpc) is 1.62. The van der Waals surface area contributed by atoms with Crippen molar-refractivity contribution in [1.29, 1.82) is 0 Å². The van der Waals surface area contributed by atoms with Gasteiger partial charge in [-0.15, -0.1) is 0 Å². The largest absolute Gasteiger partial charge is 0.456 e. The van der Waals surface area contributed by atoms with Gasteiger partial charge >= 0.3 is 0 Å². The van der Waals surface area contributed by atoms with Gasteiger partial charge in [-0.3, -0.25) is 0 Å². The molecule has 0 unspecified atom stereocenters. The summed E-state index contributed by atoms with van der Waals surface area (Å²) in [4.78, 5) is 0. The molecule has 0 spiro atoms. The molecule has 0 amide bonds. The first-order chi connectivity index (χ1) is 61.0. The maximum absolute atomic E-state index is 6.41. The van der Waals surface area contributed by atoms with Crippen LogP contribution < -0.4 is 0 Å². The summed E-state index contributed by atoms with van der Waals surface area (Å²) in [6.07, 6.45) is 0. The number of fused-ring (bicyclic) bond motifs is 19. The zero-order chi connectivity index (χ0) is 81.0. The van der Waals surface area contributed by atoms with E-state index in [2.05, 4.69) is 443 Å². The van der Waals surface area contributed by atoms with E-state index in [9.17, 15) is 0 Å². The molecule has 0 N–H and O–H groups in total. The molecule has 0 saturated heterocycles. The summed E-state index contributed by atoms with van der Waals surface area (Å²) < 4.78 is 19.1. The summed E-state index contributed by atoms with van der Waals surface area (Å²) in [5.74, 6) is 0. The Hall–Kier alpha value is -16.2. The third kappa shape index (κ3) is 11.9. The fourth-order valence-electron chi connectivity index (χ4n) is 19.9. The van der Waals surface area contributed by atoms with Crippen molar-refractivity contribution in [1.82, 2.24) is 0 Å². The number of para-hydroxylation sites is 1. The third-order valence-electron chi connectivity index (χ3n) is 25.3. The van der Waals surface area contributed by atoms with Crippen LogP contribution in [0.5, 0.6) is 0 Å². The molecule has 3 aromatic heterocycles. The molecule has 0 aliphatic carbocycles. The predicted octanol–water partition coefficient (Wildman–Crippen LogP) is 34.5. The fourth-order valence-corrected chi connectivity index (χ4v) is 19.9. The van der Waals surface area contributed by atoms with Crippen LogP contribution in [0.15, 0.2) is 462 Å². The van der Waals surface area contributed by atoms with Crippen molar-refractivity contribution < 1.29 is 13.3 Å². The Morgan fingerprint density at radius 1 is 0.122 bits per heavy atom. The maximum atomic E-state index is 6.41. The van der Waals surface area contributed by atoms with E-state index in [0.29, 0.717) is 0 Å². The highest BCUT2D eigenvalue weighted by molar-refractivity contribution is 6.29. The number of furan rings is 3. The lowest BCUT2D eigenvalue weighted by molar-refractivity contribution is 0.669. The van der Waals surface area contributed by atoms with Crippen LogP contribution in [0.3, 0.4) is 0 Å². The van der Waals surface area contributed by atoms with E-state index < -0.39 is 0 Å². The van der Waals surface area contributed by atoms with Gasteiger partial charge in [0.25, 0.3) is 0 Å². The molecule has 0 atom stereocenters. The Morgan fingerprint density at radius 3 is 0.976 bits per heavy atom. The molecular formula is C120H74O3. The van der Waals surface area contributed by atoms with Gasteiger partial charge in [0.1, 0.15) is 33.5 Å². The van der Waals surface area contributed by atoms with Crippen molar-refractivity contribution >= 4 is 163 Å². The van der Waals surface area contributed by atoms with Gasteiger partial charge in [-0.1, -0.05) is 388 Å². The van der Waals surface area contributed by atoms with Crippen molar-refractivity contribution in [3.8, 4) is 89.0 Å². The molecule has 3 heteroatoms. The zero-order valence-corrected chi connectivity index (χ0v) is 66.9. The molecule has 0 aliphatic heterocycles. The second kappa shape index (κ2) is 29.4. The summed E-state index contributed by atoms with van der Waals surface area (Å²) in [6, 6.07) is 161. The van der Waals surface area contributed by atoms with Gasteiger partial charge in [-0.25, -0.2) is 0 Å². The minimum atomic E-state index is 0.913. The second-order valence-electron chi connectivity index (χ2n) is 32.2. The van der Waals surface area contributed by atoms with E-state index in [4.69, 9.17) is 13.3 Å². The van der Waals surface area contributed by atoms with Gasteiger partial charge < -0.3 is 13.3 Å². The molecule has 3 heterocycles. The Labute approximate surface area is 709 Å². The van der Waals surface area contributed by atoms with Gasteiger partial charge in [0.05, 0.1) is 0 Å². The highest BCUT2D eigenvalue weighted by Gasteiger charge is 2.26. The standard InChI is InChI=1S/2C42H26O.C36H22O/c1-2-13-28-26-29(25-24-27(28)12-1)30-14-3-4-15-31(30)40-32-16-5-7-18-34(32)41(35-19-8-6-17-33(35)40)37-21-11-23-39-42(37)36-20-9-10-22-38(36)43-39;1-2-12-27(13-3-1)31-16-6-7-17-32(31)42-35-20-10-8-18-33(35)41(34-19-9-11-21-36(34)42)30-22-23-39-37(25-30)38-24-28-14-4-5-15-29(28)26-40(38)43-39;1-2-11-24(12-3-1)34-27-14-6-8-16-29(27)35(30-17-9-7-15-28(30)34)25-19-21-33-32(22-25)31-20-18-23-10-4-5-13-26(23)36(31)37-33/h2*1-26H;1-22H. The minimum absolute atomic E-state index is 0.913. The predicted molar refractivity (Wildman–Crippen MR) is 522 cm³/mol. The van der Waals surface area contributed by atoms with E-state index in [0.717, 1.165) is 71.2 Å². The van der Waals surface area contributed by atoms with Crippen LogP contribution in [0.25, 0.3) is 252 Å². The van der Waals surface area contributed by atoms with Crippen molar-refractivity contribution in [2.24, 2.45) is 0 Å². The first kappa shape index (κ1) is 71.0. The molecule has 26 aromatic rings. The number of rotatable bonds is 8. The number of benzene rings is 23. The van der Waals surface area contributed by atoms with Crippen LogP contribution in [-0.4, -0.2) is 0 Å². The summed E-state index contributed by atoms with van der Waals surface area (Å²) >= 11 is 0. The van der Waals surface area contributed by atoms with Crippen LogP contribution in [-0.2, 0) is 0 Å². The first-order valence-electron chi connectivity index (χ1n) is 42.2. The Morgan fingerprint density at radius 2 is 0.447 bits per heavy atom. The number of hydrogen-bond donors (Lipinski definition) is 0. The molecule has 0 bridgehead atoms. The van der Waals surface area contributed by atoms with Crippen LogP contribution in [0.4, 0.5) is 0 Å². The smallest absolute Gasteiger partial charge is 0.143 e. The Bertz CT molecular complexity index is 8590. The number of hydrogen-bond acceptors (Lipinski definition) is 3. The quantitative estimate of drug-likeness (QED) is 0.142. The van der Waals surface area contributed by atoms with Gasteiger partial charge in [-0.05, 0) is 241 Å². The summed E-state index contributed by atoms with van der Waals surface area (Å²) in [5.41, 5.74) is 25.4. The van der Waals surface area contributed by atoms with E-state index in [1.54, 1.807) is 0 Å². The van der Waals surface area contributed by atoms with E-state index in [1.807, 2.05) is 6.07 Å². The molecule has 0 radical (unpaired) electrons.